The molecule has 1 aliphatic heterocycles. The first-order chi connectivity index (χ1) is 10.3. The summed E-state index contributed by atoms with van der Waals surface area (Å²) >= 11 is 3.45. The van der Waals surface area contributed by atoms with Crippen molar-refractivity contribution in [1.29, 1.82) is 0 Å². The monoisotopic (exact) mass is 347 g/mol. The van der Waals surface area contributed by atoms with Gasteiger partial charge in [0.15, 0.2) is 0 Å². The molecule has 0 saturated heterocycles. The van der Waals surface area contributed by atoms with Gasteiger partial charge in [0, 0.05) is 22.4 Å². The topological polar surface area (TPSA) is 58.5 Å². The smallest absolute Gasteiger partial charge is 0.147 e. The minimum Gasteiger partial charge on any atom is -0.513 e. The van der Waals surface area contributed by atoms with Crippen molar-refractivity contribution in [3.63, 3.8) is 0 Å². The highest BCUT2D eigenvalue weighted by atomic mass is 79.9. The van der Waals surface area contributed by atoms with Gasteiger partial charge in [-0.05, 0) is 24.3 Å². The molecule has 0 atom stereocenters. The number of hydrogen-bond donors (Lipinski definition) is 1. The molecule has 1 aromatic heterocycles. The van der Waals surface area contributed by atoms with Crippen LogP contribution in [-0.4, -0.2) is 33.1 Å². The number of halogens is 1. The minimum atomic E-state index is 0.516. The largest absolute Gasteiger partial charge is 0.513 e. The van der Waals surface area contributed by atoms with Crippen LogP contribution in [0.3, 0.4) is 0 Å². The predicted octanol–water partition coefficient (Wildman–Crippen LogP) is 2.99. The summed E-state index contributed by atoms with van der Waals surface area (Å²) in [4.78, 5) is 10.5. The summed E-state index contributed by atoms with van der Waals surface area (Å²) in [5.41, 5.74) is 1.55. The Labute approximate surface area is 131 Å². The second kappa shape index (κ2) is 6.13. The zero-order valence-corrected chi connectivity index (χ0v) is 12.8. The maximum atomic E-state index is 9.69. The van der Waals surface area contributed by atoms with Crippen LogP contribution >= 0.6 is 15.9 Å². The predicted molar refractivity (Wildman–Crippen MR) is 82.7 cm³/mol. The fourth-order valence-electron chi connectivity index (χ4n) is 2.28. The van der Waals surface area contributed by atoms with Gasteiger partial charge in [0.05, 0.1) is 18.8 Å². The standard InChI is InChI=1S/C15H14BrN3O2/c16-11-2-3-14-12(8-11)13(10-20)19(6-7-21-14)9-15-17-4-1-5-18-15/h1-5,8,10,20H,6-7,9H2/b13-10+. The molecular formula is C15H14BrN3O2. The number of aliphatic hydroxyl groups is 1. The molecule has 5 nitrogen and oxygen atoms in total. The molecule has 0 aliphatic carbocycles. The Hall–Kier alpha value is -2.08. The van der Waals surface area contributed by atoms with E-state index in [-0.39, 0.29) is 0 Å². The van der Waals surface area contributed by atoms with E-state index in [4.69, 9.17) is 4.74 Å². The maximum absolute atomic E-state index is 9.69. The Balaban J connectivity index is 1.95. The van der Waals surface area contributed by atoms with Crippen LogP contribution in [0.5, 0.6) is 5.75 Å². The second-order valence-corrected chi connectivity index (χ2v) is 5.51. The third-order valence-electron chi connectivity index (χ3n) is 3.25. The molecule has 1 aromatic carbocycles. The van der Waals surface area contributed by atoms with Gasteiger partial charge >= 0.3 is 0 Å². The van der Waals surface area contributed by atoms with Gasteiger partial charge in [-0.15, -0.1) is 0 Å². The lowest BCUT2D eigenvalue weighted by atomic mass is 10.1. The summed E-state index contributed by atoms with van der Waals surface area (Å²) in [6.45, 7) is 1.71. The summed E-state index contributed by atoms with van der Waals surface area (Å²) < 4.78 is 6.68. The van der Waals surface area contributed by atoms with Crippen LogP contribution in [-0.2, 0) is 6.54 Å². The first-order valence-corrected chi connectivity index (χ1v) is 7.35. The molecule has 6 heteroatoms. The lowest BCUT2D eigenvalue weighted by Crippen LogP contribution is -2.25. The van der Waals surface area contributed by atoms with Crippen LogP contribution in [0.2, 0.25) is 0 Å². The van der Waals surface area contributed by atoms with Crippen LogP contribution in [0.1, 0.15) is 11.4 Å². The summed E-state index contributed by atoms with van der Waals surface area (Å²) in [6, 6.07) is 7.53. The van der Waals surface area contributed by atoms with Crippen molar-refractivity contribution in [1.82, 2.24) is 14.9 Å². The second-order valence-electron chi connectivity index (χ2n) is 4.59. The van der Waals surface area contributed by atoms with Crippen molar-refractivity contribution in [3.05, 3.63) is 58.8 Å². The quantitative estimate of drug-likeness (QED) is 0.846. The normalized spacial score (nSPS) is 16.2. The van der Waals surface area contributed by atoms with E-state index in [0.29, 0.717) is 31.2 Å². The molecule has 108 valence electrons. The SMILES string of the molecule is O/C=C1\c2cc(Br)ccc2OCCN1Cc1ncccn1. The molecule has 0 fully saturated rings. The lowest BCUT2D eigenvalue weighted by molar-refractivity contribution is 0.267. The van der Waals surface area contributed by atoms with Gasteiger partial charge in [-0.3, -0.25) is 0 Å². The van der Waals surface area contributed by atoms with Crippen molar-refractivity contribution < 1.29 is 9.84 Å². The Bertz CT molecular complexity index is 661. The van der Waals surface area contributed by atoms with E-state index in [0.717, 1.165) is 22.0 Å². The summed E-state index contributed by atoms with van der Waals surface area (Å²) in [5.74, 6) is 1.46. The first-order valence-electron chi connectivity index (χ1n) is 6.56. The van der Waals surface area contributed by atoms with Crippen molar-refractivity contribution in [2.24, 2.45) is 0 Å². The van der Waals surface area contributed by atoms with Gasteiger partial charge in [-0.1, -0.05) is 15.9 Å². The Morgan fingerprint density at radius 3 is 2.90 bits per heavy atom. The molecule has 1 aliphatic rings. The van der Waals surface area contributed by atoms with E-state index in [1.165, 1.54) is 0 Å². The van der Waals surface area contributed by atoms with Crippen LogP contribution < -0.4 is 4.74 Å². The van der Waals surface area contributed by atoms with E-state index < -0.39 is 0 Å². The average molecular weight is 348 g/mol. The maximum Gasteiger partial charge on any atom is 0.147 e. The van der Waals surface area contributed by atoms with Gasteiger partial charge in [-0.25, -0.2) is 9.97 Å². The minimum absolute atomic E-state index is 0.516. The number of fused-ring (bicyclic) bond motifs is 1. The number of aromatic nitrogens is 2. The highest BCUT2D eigenvalue weighted by Crippen LogP contribution is 2.33. The van der Waals surface area contributed by atoms with Gasteiger partial charge in [-0.2, -0.15) is 0 Å². The molecule has 0 saturated carbocycles. The third-order valence-corrected chi connectivity index (χ3v) is 3.74. The summed E-state index contributed by atoms with van der Waals surface area (Å²) in [5, 5.41) is 9.69. The molecule has 2 heterocycles. The van der Waals surface area contributed by atoms with Gasteiger partial charge in [0.1, 0.15) is 24.4 Å². The molecule has 0 unspecified atom stereocenters. The van der Waals surface area contributed by atoms with E-state index in [1.807, 2.05) is 23.1 Å². The highest BCUT2D eigenvalue weighted by Gasteiger charge is 2.21. The zero-order chi connectivity index (χ0) is 14.7. The molecule has 0 amide bonds. The molecule has 21 heavy (non-hydrogen) atoms. The van der Waals surface area contributed by atoms with Gasteiger partial charge < -0.3 is 14.7 Å². The average Bonchev–Trinajstić information content (AvgIpc) is 2.67. The molecule has 2 aromatic rings. The van der Waals surface area contributed by atoms with E-state index in [2.05, 4.69) is 25.9 Å². The number of nitrogens with zero attached hydrogens (tertiary/aromatic N) is 3. The number of ether oxygens (including phenoxy) is 1. The molecule has 0 radical (unpaired) electrons. The lowest BCUT2D eigenvalue weighted by Gasteiger charge is -2.23. The van der Waals surface area contributed by atoms with Crippen molar-refractivity contribution in [2.45, 2.75) is 6.54 Å². The molecule has 0 spiro atoms. The highest BCUT2D eigenvalue weighted by molar-refractivity contribution is 9.10. The van der Waals surface area contributed by atoms with Crippen molar-refractivity contribution >= 4 is 21.6 Å². The zero-order valence-electron chi connectivity index (χ0n) is 11.2. The Morgan fingerprint density at radius 1 is 1.33 bits per heavy atom. The van der Waals surface area contributed by atoms with Gasteiger partial charge in [0.25, 0.3) is 0 Å². The Kier molecular flexibility index (Phi) is 4.06. The molecule has 1 N–H and O–H groups in total. The number of benzene rings is 1. The summed E-state index contributed by atoms with van der Waals surface area (Å²) in [7, 11) is 0. The number of hydrogen-bond acceptors (Lipinski definition) is 5. The number of rotatable bonds is 2. The van der Waals surface area contributed by atoms with Crippen LogP contribution in [0.15, 0.2) is 47.4 Å². The summed E-state index contributed by atoms with van der Waals surface area (Å²) in [6.07, 6.45) is 4.54. The van der Waals surface area contributed by atoms with Crippen LogP contribution in [0.25, 0.3) is 5.70 Å². The van der Waals surface area contributed by atoms with E-state index in [9.17, 15) is 5.11 Å². The van der Waals surface area contributed by atoms with Crippen LogP contribution in [0.4, 0.5) is 0 Å². The van der Waals surface area contributed by atoms with Crippen LogP contribution in [0, 0.1) is 0 Å². The third kappa shape index (κ3) is 3.00. The molecule has 0 bridgehead atoms. The Morgan fingerprint density at radius 2 is 2.14 bits per heavy atom. The van der Waals surface area contributed by atoms with Gasteiger partial charge in [0.2, 0.25) is 0 Å². The number of aliphatic hydroxyl groups excluding tert-OH is 1. The molecule has 3 rings (SSSR count). The van der Waals surface area contributed by atoms with E-state index >= 15 is 0 Å². The fourth-order valence-corrected chi connectivity index (χ4v) is 2.64. The van der Waals surface area contributed by atoms with Crippen molar-refractivity contribution in [3.8, 4) is 5.75 Å². The first kappa shape index (κ1) is 13.9. The molecular weight excluding hydrogens is 334 g/mol. The van der Waals surface area contributed by atoms with Crippen molar-refractivity contribution in [2.75, 3.05) is 13.2 Å². The van der Waals surface area contributed by atoms with E-state index in [1.54, 1.807) is 18.5 Å². The fraction of sp³-hybridized carbons (Fsp3) is 0.200.